The van der Waals surface area contributed by atoms with Crippen LogP contribution in [0.1, 0.15) is 0 Å². The van der Waals surface area contributed by atoms with Crippen molar-refractivity contribution in [2.75, 3.05) is 0 Å². The summed E-state index contributed by atoms with van der Waals surface area (Å²) < 4.78 is 9.82. The Bertz CT molecular complexity index is 148. The van der Waals surface area contributed by atoms with Crippen LogP contribution in [-0.4, -0.2) is 9.97 Å². The second-order valence-corrected chi connectivity index (χ2v) is 1.53. The number of hydrogen-bond acceptors (Lipinski definition) is 2. The first kappa shape index (κ1) is 4.39. The molecular weight excluding hydrogens is 112 g/mol. The molecule has 0 aromatic carbocycles. The molecule has 0 atom stereocenters. The molecule has 4 heteroatoms. The van der Waals surface area contributed by atoms with Crippen LogP contribution >= 0.6 is 0 Å². The molecule has 0 aliphatic carbocycles. The minimum atomic E-state index is 0.359. The van der Waals surface area contributed by atoms with Crippen LogP contribution in [0.3, 0.4) is 0 Å². The van der Waals surface area contributed by atoms with Crippen LogP contribution in [0, 0.1) is 0 Å². The van der Waals surface area contributed by atoms with Crippen molar-refractivity contribution < 1.29 is 4.21 Å². The molecule has 1 heterocycles. The number of nitrogens with one attached hydrogen (secondary N) is 1. The van der Waals surface area contributed by atoms with Crippen LogP contribution in [0.5, 0.6) is 0 Å². The molecule has 0 saturated carbocycles. The Hall–Kier alpha value is -0.770. The Morgan fingerprint density at radius 1 is 1.86 bits per heavy atom. The molecule has 3 nitrogen and oxygen atoms in total. The molecule has 0 radical (unpaired) electrons. The predicted octanol–water partition coefficient (Wildman–Crippen LogP) is 0.197. The van der Waals surface area contributed by atoms with E-state index in [0.717, 1.165) is 0 Å². The van der Waals surface area contributed by atoms with Gasteiger partial charge in [-0.3, -0.25) is 4.98 Å². The molecule has 1 N–H and O–H groups in total. The molecule has 0 saturated heterocycles. The second-order valence-electron chi connectivity index (χ2n) is 0.978. The molecule has 0 fully saturated rings. The van der Waals surface area contributed by atoms with Crippen molar-refractivity contribution in [3.63, 3.8) is 0 Å². The highest BCUT2D eigenvalue weighted by atomic mass is 32.1. The summed E-state index contributed by atoms with van der Waals surface area (Å²) >= 11 is 0.359. The lowest BCUT2D eigenvalue weighted by molar-refractivity contribution is 0.601. The summed E-state index contributed by atoms with van der Waals surface area (Å²) in [6, 6.07) is 0. The fourth-order valence-electron chi connectivity index (χ4n) is 0.296. The summed E-state index contributed by atoms with van der Waals surface area (Å²) in [6.07, 6.45) is 3.15. The van der Waals surface area contributed by atoms with Crippen LogP contribution in [0.25, 0.3) is 0 Å². The van der Waals surface area contributed by atoms with E-state index < -0.39 is 0 Å². The Morgan fingerprint density at radius 3 is 3.00 bits per heavy atom. The van der Waals surface area contributed by atoms with Crippen molar-refractivity contribution in [2.45, 2.75) is 5.16 Å². The Morgan fingerprint density at radius 2 is 2.71 bits per heavy atom. The van der Waals surface area contributed by atoms with E-state index in [1.54, 1.807) is 12.4 Å². The normalized spacial score (nSPS) is 8.57. The van der Waals surface area contributed by atoms with Gasteiger partial charge >= 0.3 is 16.8 Å². The maximum atomic E-state index is 9.82. The largest absolute Gasteiger partial charge is 0.548 e. The Kier molecular flexibility index (Phi) is 1.12. The molecule has 1 rings (SSSR count). The number of imidazole rings is 1. The molecule has 0 aliphatic rings. The van der Waals surface area contributed by atoms with Gasteiger partial charge in [-0.2, -0.15) is 4.98 Å². The highest BCUT2D eigenvalue weighted by molar-refractivity contribution is 7.65. The van der Waals surface area contributed by atoms with Gasteiger partial charge in [-0.1, -0.05) is 0 Å². The van der Waals surface area contributed by atoms with E-state index in [1.807, 2.05) is 0 Å². The summed E-state index contributed by atoms with van der Waals surface area (Å²) in [5.74, 6) is 0. The highest BCUT2D eigenvalue weighted by Crippen LogP contribution is 1.82. The third-order valence-corrected chi connectivity index (χ3v) is 0.933. The van der Waals surface area contributed by atoms with Crippen molar-refractivity contribution in [2.24, 2.45) is 0 Å². The average Bonchev–Trinajstić information content (AvgIpc) is 2.14. The van der Waals surface area contributed by atoms with Crippen molar-refractivity contribution in [1.82, 2.24) is 9.97 Å². The number of hydrogen-bond donors (Lipinski definition) is 1. The van der Waals surface area contributed by atoms with E-state index in [0.29, 0.717) is 16.8 Å². The van der Waals surface area contributed by atoms with Gasteiger partial charge in [-0.15, -0.1) is 0 Å². The summed E-state index contributed by atoms with van der Waals surface area (Å²) in [6.45, 7) is 0. The third-order valence-electron chi connectivity index (χ3n) is 0.552. The van der Waals surface area contributed by atoms with E-state index in [1.165, 1.54) is 0 Å². The lowest BCUT2D eigenvalue weighted by Crippen LogP contribution is -1.71. The Balaban J connectivity index is 2.96. The second kappa shape index (κ2) is 1.79. The SMILES string of the molecule is O=[S+]c1ncc[nH]1. The molecule has 1 aromatic heterocycles. The number of rotatable bonds is 1. The van der Waals surface area contributed by atoms with Crippen LogP contribution in [-0.2, 0) is 15.9 Å². The van der Waals surface area contributed by atoms with Gasteiger partial charge in [0.1, 0.15) is 0 Å². The van der Waals surface area contributed by atoms with Crippen molar-refractivity contribution in [3.05, 3.63) is 12.4 Å². The van der Waals surface area contributed by atoms with Gasteiger partial charge in [0.05, 0.1) is 6.20 Å². The number of H-pyrrole nitrogens is 1. The fourth-order valence-corrected chi connectivity index (χ4v) is 0.516. The maximum Gasteiger partial charge on any atom is 0.548 e. The van der Waals surface area contributed by atoms with Crippen molar-refractivity contribution >= 4 is 11.7 Å². The van der Waals surface area contributed by atoms with Gasteiger partial charge in [0.25, 0.3) is 0 Å². The van der Waals surface area contributed by atoms with E-state index in [-0.39, 0.29) is 0 Å². The molecule has 0 spiro atoms. The predicted molar refractivity (Wildman–Crippen MR) is 24.9 cm³/mol. The molecule has 1 aromatic rings. The minimum absolute atomic E-state index is 0.359. The summed E-state index contributed by atoms with van der Waals surface area (Å²) in [7, 11) is 0. The zero-order chi connectivity index (χ0) is 5.11. The zero-order valence-corrected chi connectivity index (χ0v) is 4.23. The zero-order valence-electron chi connectivity index (χ0n) is 3.42. The molecule has 0 unspecified atom stereocenters. The number of nitrogens with zero attached hydrogens (tertiary/aromatic N) is 1. The van der Waals surface area contributed by atoms with E-state index in [4.69, 9.17) is 0 Å². The molecule has 7 heavy (non-hydrogen) atoms. The topological polar surface area (TPSA) is 45.8 Å². The van der Waals surface area contributed by atoms with Crippen LogP contribution in [0.4, 0.5) is 0 Å². The molecule has 0 aliphatic heterocycles. The molecular formula is C3H3N2OS+. The smallest absolute Gasteiger partial charge is 0.292 e. The van der Waals surface area contributed by atoms with Crippen molar-refractivity contribution in [1.29, 1.82) is 0 Å². The first-order chi connectivity index (χ1) is 3.43. The summed E-state index contributed by atoms with van der Waals surface area (Å²) in [5.41, 5.74) is 0. The van der Waals surface area contributed by atoms with Gasteiger partial charge in [-0.25, -0.2) is 0 Å². The highest BCUT2D eigenvalue weighted by Gasteiger charge is 2.04. The Labute approximate surface area is 44.3 Å². The van der Waals surface area contributed by atoms with Gasteiger partial charge < -0.3 is 0 Å². The first-order valence-electron chi connectivity index (χ1n) is 1.72. The quantitative estimate of drug-likeness (QED) is 0.531. The molecule has 0 amide bonds. The monoisotopic (exact) mass is 115 g/mol. The summed E-state index contributed by atoms with van der Waals surface area (Å²) in [4.78, 5) is 6.26. The van der Waals surface area contributed by atoms with Gasteiger partial charge in [0.2, 0.25) is 0 Å². The third kappa shape index (κ3) is 0.806. The van der Waals surface area contributed by atoms with E-state index in [2.05, 4.69) is 9.97 Å². The average molecular weight is 115 g/mol. The fraction of sp³-hybridized carbons (Fsp3) is 0. The van der Waals surface area contributed by atoms with Crippen LogP contribution in [0.15, 0.2) is 17.6 Å². The first-order valence-corrected chi connectivity index (χ1v) is 2.47. The van der Waals surface area contributed by atoms with Crippen LogP contribution in [0.2, 0.25) is 0 Å². The number of aromatic nitrogens is 2. The van der Waals surface area contributed by atoms with Gasteiger partial charge in [-0.05, 0) is 0 Å². The summed E-state index contributed by atoms with van der Waals surface area (Å²) in [5, 5.41) is 0.417. The standard InChI is InChI=1S/C3H3N2OS/c6-7-3-4-1-2-5-3/h1-2H,(H,4,5)/q+1. The number of aromatic amines is 1. The molecule has 36 valence electrons. The van der Waals surface area contributed by atoms with Gasteiger partial charge in [0, 0.05) is 10.4 Å². The van der Waals surface area contributed by atoms with E-state index >= 15 is 0 Å². The van der Waals surface area contributed by atoms with E-state index in [9.17, 15) is 4.21 Å². The lowest BCUT2D eigenvalue weighted by atomic mass is 11.0. The maximum absolute atomic E-state index is 9.82. The van der Waals surface area contributed by atoms with Crippen molar-refractivity contribution in [3.8, 4) is 0 Å². The lowest BCUT2D eigenvalue weighted by Gasteiger charge is -1.50. The molecule has 0 bridgehead atoms. The van der Waals surface area contributed by atoms with Crippen LogP contribution < -0.4 is 0 Å². The minimum Gasteiger partial charge on any atom is -0.292 e. The van der Waals surface area contributed by atoms with Gasteiger partial charge in [0.15, 0.2) is 0 Å².